The summed E-state index contributed by atoms with van der Waals surface area (Å²) in [6.45, 7) is -0.491. The van der Waals surface area contributed by atoms with Gasteiger partial charge in [-0.2, -0.15) is 74.6 Å². The Morgan fingerprint density at radius 1 is 0.438 bits per heavy atom. The van der Waals surface area contributed by atoms with Crippen LogP contribution in [0.1, 0.15) is 13.8 Å². The number of hydrogen-bond donors (Lipinski definition) is 0. The van der Waals surface area contributed by atoms with Gasteiger partial charge in [0.1, 0.15) is 0 Å². The maximum Gasteiger partial charge on any atom is 0.460 e. The van der Waals surface area contributed by atoms with Crippen LogP contribution in [0.5, 0.6) is 0 Å². The van der Waals surface area contributed by atoms with Crippen LogP contribution in [0.4, 0.5) is 74.6 Å². The Balaban J connectivity index is 6.77. The number of alkyl halides is 17. The van der Waals surface area contributed by atoms with E-state index in [-0.39, 0.29) is 0 Å². The lowest BCUT2D eigenvalue weighted by molar-refractivity contribution is -0.459. The highest BCUT2D eigenvalue weighted by atomic mass is 28.3. The minimum atomic E-state index is -8.64. The summed E-state index contributed by atoms with van der Waals surface area (Å²) in [6.07, 6.45) is -7.78. The van der Waals surface area contributed by atoms with Gasteiger partial charge in [0.15, 0.2) is 0 Å². The van der Waals surface area contributed by atoms with E-state index in [2.05, 4.69) is 8.85 Å². The fraction of sp³-hybridized carbons (Fsp3) is 1.00. The van der Waals surface area contributed by atoms with E-state index in [0.717, 1.165) is 13.8 Å². The van der Waals surface area contributed by atoms with Gasteiger partial charge in [0.25, 0.3) is 0 Å². The zero-order valence-electron chi connectivity index (χ0n) is 15.2. The van der Waals surface area contributed by atoms with Crippen molar-refractivity contribution in [2.45, 2.75) is 61.1 Å². The Hall–Kier alpha value is -1.05. The average Bonchev–Trinajstić information content (AvgIpc) is 2.59. The van der Waals surface area contributed by atoms with Crippen LogP contribution in [0.2, 0.25) is 0 Å². The summed E-state index contributed by atoms with van der Waals surface area (Å²) in [7, 11) is -5.55. The van der Waals surface area contributed by atoms with Crippen molar-refractivity contribution in [2.75, 3.05) is 13.2 Å². The molecule has 20 heteroatoms. The van der Waals surface area contributed by atoms with Crippen molar-refractivity contribution in [1.29, 1.82) is 0 Å². The van der Waals surface area contributed by atoms with E-state index in [1.165, 1.54) is 0 Å². The first-order chi connectivity index (χ1) is 13.8. The molecule has 0 atom stereocenters. The van der Waals surface area contributed by atoms with E-state index in [4.69, 9.17) is 0 Å². The molecule has 2 nitrogen and oxygen atoms in total. The van der Waals surface area contributed by atoms with Gasteiger partial charge in [0, 0.05) is 13.2 Å². The predicted octanol–water partition coefficient (Wildman–Crippen LogP) is 5.83. The summed E-state index contributed by atoms with van der Waals surface area (Å²) >= 11 is 0. The number of halogens is 17. The van der Waals surface area contributed by atoms with E-state index in [1.807, 2.05) is 0 Å². The van der Waals surface area contributed by atoms with Crippen LogP contribution >= 0.6 is 0 Å². The molecule has 194 valence electrons. The molecule has 32 heavy (non-hydrogen) atoms. The molecule has 0 heterocycles. The first kappa shape index (κ1) is 30.9. The highest BCUT2D eigenvalue weighted by Gasteiger charge is 2.95. The lowest BCUT2D eigenvalue weighted by Crippen LogP contribution is -2.75. The molecule has 0 N–H and O–H groups in total. The van der Waals surface area contributed by atoms with E-state index in [9.17, 15) is 74.6 Å². The SMILES string of the molecule is CCO[SiH](OCC)C(F)(F)C(F)(F)C(F)(F)C(F)(F)C(F)(F)C(F)(F)C(F)(F)C(F)(F)F. The second-order valence-electron chi connectivity index (χ2n) is 5.81. The third-order valence-electron chi connectivity index (χ3n) is 3.68. The minimum absolute atomic E-state index is 0.772. The third-order valence-corrected chi connectivity index (χ3v) is 5.91. The summed E-state index contributed by atoms with van der Waals surface area (Å²) in [5.74, 6) is -50.0. The van der Waals surface area contributed by atoms with E-state index in [1.54, 1.807) is 0 Å². The lowest BCUT2D eigenvalue weighted by Gasteiger charge is -2.43. The molecule has 0 spiro atoms. The van der Waals surface area contributed by atoms with Crippen molar-refractivity contribution in [2.24, 2.45) is 0 Å². The fourth-order valence-corrected chi connectivity index (χ4v) is 3.48. The van der Waals surface area contributed by atoms with Gasteiger partial charge in [0.05, 0.1) is 0 Å². The van der Waals surface area contributed by atoms with Crippen LogP contribution in [0.3, 0.4) is 0 Å². The van der Waals surface area contributed by atoms with Gasteiger partial charge in [-0.15, -0.1) is 0 Å². The average molecular weight is 538 g/mol. The van der Waals surface area contributed by atoms with Crippen molar-refractivity contribution >= 4 is 9.28 Å². The van der Waals surface area contributed by atoms with E-state index in [0.29, 0.717) is 0 Å². The highest BCUT2D eigenvalue weighted by molar-refractivity contribution is 6.48. The second kappa shape index (κ2) is 8.62. The van der Waals surface area contributed by atoms with Crippen molar-refractivity contribution in [1.82, 2.24) is 0 Å². The highest BCUT2D eigenvalue weighted by Crippen LogP contribution is 2.64. The molecule has 0 aromatic rings. The lowest BCUT2D eigenvalue weighted by atomic mass is 9.91. The van der Waals surface area contributed by atoms with Gasteiger partial charge >= 0.3 is 56.5 Å². The van der Waals surface area contributed by atoms with Crippen LogP contribution in [0.15, 0.2) is 0 Å². The second-order valence-corrected chi connectivity index (χ2v) is 7.87. The standard InChI is InChI=1S/C12H11F17O2Si/c1-3-30-32(31-4-2)12(28,29)10(23,24)8(19,20)6(15,16)5(13,14)7(17,18)9(21,22)11(25,26)27/h32H,3-4H2,1-2H3. The quantitative estimate of drug-likeness (QED) is 0.244. The fourth-order valence-electron chi connectivity index (χ4n) is 1.88. The molecule has 0 radical (unpaired) electrons. The minimum Gasteiger partial charge on any atom is -0.393 e. The normalized spacial score (nSPS) is 16.1. The Morgan fingerprint density at radius 2 is 0.688 bits per heavy atom. The van der Waals surface area contributed by atoms with Gasteiger partial charge in [-0.3, -0.25) is 0 Å². The summed E-state index contributed by atoms with van der Waals surface area (Å²) in [5.41, 5.74) is -6.59. The molecule has 0 fully saturated rings. The monoisotopic (exact) mass is 538 g/mol. The molecule has 0 bridgehead atoms. The maximum atomic E-state index is 13.9. The molecule has 0 aliphatic carbocycles. The third kappa shape index (κ3) is 4.13. The largest absolute Gasteiger partial charge is 0.460 e. The molecule has 0 saturated heterocycles. The summed E-state index contributed by atoms with van der Waals surface area (Å²) in [5, 5.41) is 0. The van der Waals surface area contributed by atoms with Crippen molar-refractivity contribution in [3.63, 3.8) is 0 Å². The molecular formula is C12H11F17O2Si. The Morgan fingerprint density at radius 3 is 0.938 bits per heavy atom. The van der Waals surface area contributed by atoms with Crippen LogP contribution in [0.25, 0.3) is 0 Å². The molecule has 0 aliphatic rings. The van der Waals surface area contributed by atoms with Crippen LogP contribution in [-0.2, 0) is 8.85 Å². The van der Waals surface area contributed by atoms with Gasteiger partial charge in [-0.25, -0.2) is 0 Å². The van der Waals surface area contributed by atoms with Gasteiger partial charge in [-0.05, 0) is 13.8 Å². The topological polar surface area (TPSA) is 18.5 Å². The van der Waals surface area contributed by atoms with Crippen molar-refractivity contribution < 1.29 is 83.5 Å². The molecule has 0 aromatic heterocycles. The summed E-state index contributed by atoms with van der Waals surface area (Å²) in [6, 6.07) is 0. The first-order valence-corrected chi connectivity index (χ1v) is 9.23. The zero-order valence-corrected chi connectivity index (χ0v) is 16.4. The van der Waals surface area contributed by atoms with Crippen molar-refractivity contribution in [3.05, 3.63) is 0 Å². The van der Waals surface area contributed by atoms with Gasteiger partial charge in [-0.1, -0.05) is 0 Å². The molecule has 0 aliphatic heterocycles. The zero-order chi connectivity index (χ0) is 26.4. The number of hydrogen-bond acceptors (Lipinski definition) is 2. The van der Waals surface area contributed by atoms with Crippen LogP contribution < -0.4 is 0 Å². The summed E-state index contributed by atoms with van der Waals surface area (Å²) in [4.78, 5) is 0. The molecule has 0 saturated carbocycles. The Bertz CT molecular complexity index is 638. The molecular weight excluding hydrogens is 527 g/mol. The Kier molecular flexibility index (Phi) is 8.34. The van der Waals surface area contributed by atoms with Crippen LogP contribution in [-0.4, -0.2) is 69.8 Å². The van der Waals surface area contributed by atoms with Crippen molar-refractivity contribution in [3.8, 4) is 0 Å². The smallest absolute Gasteiger partial charge is 0.393 e. The van der Waals surface area contributed by atoms with Crippen LogP contribution in [0, 0.1) is 0 Å². The van der Waals surface area contributed by atoms with E-state index >= 15 is 0 Å². The number of rotatable bonds is 11. The van der Waals surface area contributed by atoms with Gasteiger partial charge < -0.3 is 8.85 Å². The van der Waals surface area contributed by atoms with Gasteiger partial charge in [0.2, 0.25) is 0 Å². The summed E-state index contributed by atoms with van der Waals surface area (Å²) < 4.78 is 231. The molecule has 0 rings (SSSR count). The maximum absolute atomic E-state index is 13.9. The molecule has 0 amide bonds. The molecule has 0 unspecified atom stereocenters. The molecule has 0 aromatic carbocycles. The Labute approximate surface area is 168 Å². The van der Waals surface area contributed by atoms with E-state index < -0.39 is 69.8 Å². The first-order valence-electron chi connectivity index (χ1n) is 7.71. The predicted molar refractivity (Wildman–Crippen MR) is 71.1 cm³/mol.